The van der Waals surface area contributed by atoms with Crippen LogP contribution < -0.4 is 4.90 Å². The summed E-state index contributed by atoms with van der Waals surface area (Å²) in [5.74, 6) is 0.479. The normalized spacial score (nSPS) is 19.2. The summed E-state index contributed by atoms with van der Waals surface area (Å²) in [4.78, 5) is 2.64. The summed E-state index contributed by atoms with van der Waals surface area (Å²) in [7, 11) is 0. The fourth-order valence-corrected chi connectivity index (χ4v) is 11.9. The second kappa shape index (κ2) is 16.2. The second-order valence-corrected chi connectivity index (χ2v) is 18.0. The van der Waals surface area contributed by atoms with E-state index < -0.39 is 0 Å². The van der Waals surface area contributed by atoms with Gasteiger partial charge in [-0.05, 0) is 140 Å². The van der Waals surface area contributed by atoms with Gasteiger partial charge in [0.05, 0.1) is 5.41 Å². The molecule has 5 aliphatic rings. The van der Waals surface area contributed by atoms with Gasteiger partial charge in [0.1, 0.15) is 0 Å². The average Bonchev–Trinajstić information content (AvgIpc) is 3.68. The lowest BCUT2D eigenvalue weighted by Gasteiger charge is -2.38. The van der Waals surface area contributed by atoms with Crippen LogP contribution in [0.3, 0.4) is 0 Å². The molecular formula is C63H51N. The van der Waals surface area contributed by atoms with Crippen LogP contribution in [0, 0.1) is 5.92 Å². The van der Waals surface area contributed by atoms with Crippen LogP contribution in [0.4, 0.5) is 5.69 Å². The third-order valence-electron chi connectivity index (χ3n) is 14.7. The van der Waals surface area contributed by atoms with Gasteiger partial charge in [0.25, 0.3) is 0 Å². The first kappa shape index (κ1) is 38.5. The Kier molecular flexibility index (Phi) is 9.71. The molecule has 0 aromatic heterocycles. The number of hydrogen-bond donors (Lipinski definition) is 0. The van der Waals surface area contributed by atoms with Crippen LogP contribution in [0.25, 0.3) is 39.1 Å². The van der Waals surface area contributed by atoms with Crippen LogP contribution in [0.5, 0.6) is 0 Å². The van der Waals surface area contributed by atoms with E-state index >= 15 is 0 Å². The van der Waals surface area contributed by atoms with Gasteiger partial charge in [-0.2, -0.15) is 0 Å². The van der Waals surface area contributed by atoms with E-state index in [0.29, 0.717) is 0 Å². The molecule has 308 valence electrons. The summed E-state index contributed by atoms with van der Waals surface area (Å²) in [6, 6.07) is 61.5. The summed E-state index contributed by atoms with van der Waals surface area (Å²) in [5, 5.41) is 2.58. The van der Waals surface area contributed by atoms with Crippen LogP contribution in [-0.4, -0.2) is 0 Å². The Morgan fingerprint density at radius 2 is 1.28 bits per heavy atom. The molecule has 2 atom stereocenters. The van der Waals surface area contributed by atoms with E-state index in [2.05, 4.69) is 229 Å². The maximum atomic E-state index is 2.64. The monoisotopic (exact) mass is 821 g/mol. The van der Waals surface area contributed by atoms with Gasteiger partial charge in [0.2, 0.25) is 0 Å². The number of aryl methyl sites for hydroxylation is 1. The first-order chi connectivity index (χ1) is 31.8. The first-order valence-corrected chi connectivity index (χ1v) is 23.3. The van der Waals surface area contributed by atoms with E-state index in [-0.39, 0.29) is 17.3 Å². The first-order valence-electron chi connectivity index (χ1n) is 23.3. The van der Waals surface area contributed by atoms with Crippen LogP contribution in [-0.2, 0) is 11.8 Å². The lowest BCUT2D eigenvalue weighted by atomic mass is 9.63. The second-order valence-electron chi connectivity index (χ2n) is 18.0. The highest BCUT2D eigenvalue weighted by molar-refractivity contribution is 6.02. The molecule has 1 nitrogen and oxygen atoms in total. The highest BCUT2D eigenvalue weighted by atomic mass is 15.2. The number of nitrogens with zero attached hydrogens (tertiary/aromatic N) is 1. The number of hydrogen-bond acceptors (Lipinski definition) is 1. The number of fused-ring (bicyclic) bond motifs is 5. The zero-order chi connectivity index (χ0) is 42.5. The third kappa shape index (κ3) is 6.28. The van der Waals surface area contributed by atoms with Crippen molar-refractivity contribution in [3.8, 4) is 11.1 Å². The predicted molar refractivity (Wildman–Crippen MR) is 270 cm³/mol. The quantitative estimate of drug-likeness (QED) is 0.148. The van der Waals surface area contributed by atoms with E-state index in [1.807, 2.05) is 0 Å². The number of rotatable bonds is 8. The van der Waals surface area contributed by atoms with Crippen molar-refractivity contribution in [1.29, 1.82) is 0 Å². The zero-order valence-corrected chi connectivity index (χ0v) is 36.2. The molecule has 2 unspecified atom stereocenters. The number of anilines is 1. The van der Waals surface area contributed by atoms with Gasteiger partial charge >= 0.3 is 0 Å². The Morgan fingerprint density at radius 3 is 2.08 bits per heavy atom. The molecule has 0 aliphatic heterocycles. The standard InChI is InChI=1S/C63H51N/c1-4-21-47(22-5-1)61-53-28-13-12-20-45(53)38-42-54(61)46-36-39-51(40-37-46)64(52-41-35-44-19-10-11-23-48(44)43-52)60-34-17-15-29-55(60)56-31-18-33-59-62(56)57-30-14-16-32-58(57)63(59,49-24-6-2-7-25-49)50-26-8-3-9-27-50/h1-10,12-14,16-22,24-28,30-36,38-39,41-43,57-58H,11,15,23,29,37,40H2. The molecule has 0 bridgehead atoms. The molecule has 0 saturated carbocycles. The molecule has 0 fully saturated rings. The van der Waals surface area contributed by atoms with E-state index in [4.69, 9.17) is 0 Å². The van der Waals surface area contributed by atoms with Crippen molar-refractivity contribution in [3.63, 3.8) is 0 Å². The predicted octanol–water partition coefficient (Wildman–Crippen LogP) is 16.0. The molecular weight excluding hydrogens is 771 g/mol. The molecule has 0 N–H and O–H groups in total. The van der Waals surface area contributed by atoms with Gasteiger partial charge in [-0.25, -0.2) is 0 Å². The maximum absolute atomic E-state index is 2.64. The van der Waals surface area contributed by atoms with Crippen molar-refractivity contribution in [2.24, 2.45) is 5.92 Å². The molecule has 0 radical (unpaired) electrons. The summed E-state index contributed by atoms with van der Waals surface area (Å²) in [6.45, 7) is 0. The Balaban J connectivity index is 1.06. The van der Waals surface area contributed by atoms with E-state index in [1.165, 1.54) is 94.6 Å². The zero-order valence-electron chi connectivity index (χ0n) is 36.2. The van der Waals surface area contributed by atoms with E-state index in [0.717, 1.165) is 38.5 Å². The van der Waals surface area contributed by atoms with Gasteiger partial charge in [-0.3, -0.25) is 0 Å². The SMILES string of the molecule is C1=CC2c3c(C4=C(N(C5=CC=C(c6ccc7ccccc7c6-c6ccccc6)CC5)c5ccc6c(c5)CCC=C6)C=CCC4)cccc3C(c3ccccc3)(c3ccccc3)C2C=C1. The van der Waals surface area contributed by atoms with Gasteiger partial charge < -0.3 is 4.90 Å². The van der Waals surface area contributed by atoms with Crippen molar-refractivity contribution in [2.45, 2.75) is 49.9 Å². The Bertz CT molecular complexity index is 3110. The fraction of sp³-hybridized carbons (Fsp3) is 0.143. The molecule has 5 aliphatic carbocycles. The molecule has 0 heterocycles. The minimum Gasteiger partial charge on any atom is -0.314 e. The van der Waals surface area contributed by atoms with Crippen LogP contribution in [0.1, 0.15) is 82.5 Å². The summed E-state index contributed by atoms with van der Waals surface area (Å²) >= 11 is 0. The summed E-state index contributed by atoms with van der Waals surface area (Å²) in [6.07, 6.45) is 29.9. The molecule has 64 heavy (non-hydrogen) atoms. The Hall–Kier alpha value is -7.22. The van der Waals surface area contributed by atoms with Gasteiger partial charge in [-0.15, -0.1) is 0 Å². The molecule has 0 spiro atoms. The molecule has 1 heteroatoms. The van der Waals surface area contributed by atoms with Crippen molar-refractivity contribution >= 4 is 33.7 Å². The van der Waals surface area contributed by atoms with E-state index in [9.17, 15) is 0 Å². The molecule has 7 aromatic carbocycles. The highest BCUT2D eigenvalue weighted by Gasteiger charge is 2.53. The third-order valence-corrected chi connectivity index (χ3v) is 14.7. The average molecular weight is 822 g/mol. The van der Waals surface area contributed by atoms with E-state index in [1.54, 1.807) is 0 Å². The summed E-state index contributed by atoms with van der Waals surface area (Å²) in [5.41, 5.74) is 20.1. The van der Waals surface area contributed by atoms with Crippen LogP contribution in [0.2, 0.25) is 0 Å². The number of benzene rings is 7. The summed E-state index contributed by atoms with van der Waals surface area (Å²) < 4.78 is 0. The molecule has 7 aromatic rings. The fourth-order valence-electron chi connectivity index (χ4n) is 11.9. The van der Waals surface area contributed by atoms with Crippen molar-refractivity contribution < 1.29 is 0 Å². The van der Waals surface area contributed by atoms with Gasteiger partial charge in [0, 0.05) is 28.9 Å². The topological polar surface area (TPSA) is 3.24 Å². The maximum Gasteiger partial charge on any atom is 0.0525 e. The number of allylic oxidation sites excluding steroid dienone is 12. The molecule has 0 saturated heterocycles. The van der Waals surface area contributed by atoms with Crippen LogP contribution >= 0.6 is 0 Å². The van der Waals surface area contributed by atoms with Crippen molar-refractivity contribution in [2.75, 3.05) is 4.90 Å². The minimum absolute atomic E-state index is 0.236. The molecule has 0 amide bonds. The Morgan fingerprint density at radius 1 is 0.547 bits per heavy atom. The Labute approximate surface area is 378 Å². The lowest BCUT2D eigenvalue weighted by Crippen LogP contribution is -2.34. The minimum atomic E-state index is -0.328. The molecule has 12 rings (SSSR count). The smallest absolute Gasteiger partial charge is 0.0525 e. The lowest BCUT2D eigenvalue weighted by molar-refractivity contribution is 0.456. The van der Waals surface area contributed by atoms with Crippen LogP contribution in [0.15, 0.2) is 230 Å². The van der Waals surface area contributed by atoms with Gasteiger partial charge in [-0.1, -0.05) is 200 Å². The van der Waals surface area contributed by atoms with Gasteiger partial charge in [0.15, 0.2) is 0 Å². The van der Waals surface area contributed by atoms with Crippen molar-refractivity contribution in [3.05, 3.63) is 274 Å². The van der Waals surface area contributed by atoms with Crippen molar-refractivity contribution in [1.82, 2.24) is 0 Å². The highest BCUT2D eigenvalue weighted by Crippen LogP contribution is 2.61. The largest absolute Gasteiger partial charge is 0.314 e.